The van der Waals surface area contributed by atoms with Crippen LogP contribution in [-0.4, -0.2) is 12.6 Å². The lowest BCUT2D eigenvalue weighted by Gasteiger charge is -2.07. The fourth-order valence-corrected chi connectivity index (χ4v) is 1.71. The molecule has 2 nitrogen and oxygen atoms in total. The van der Waals surface area contributed by atoms with Gasteiger partial charge in [0.05, 0.1) is 13.0 Å². The summed E-state index contributed by atoms with van der Waals surface area (Å²) in [5, 5.41) is 0. The number of carbonyl (C=O) groups is 1. The van der Waals surface area contributed by atoms with Crippen molar-refractivity contribution in [3.8, 4) is 0 Å². The van der Waals surface area contributed by atoms with Gasteiger partial charge in [0, 0.05) is 0 Å². The molecule has 0 aliphatic carbocycles. The maximum absolute atomic E-state index is 11.6. The minimum atomic E-state index is -0.156. The average Bonchev–Trinajstić information content (AvgIpc) is 2.39. The largest absolute Gasteiger partial charge is 0.465 e. The Kier molecular flexibility index (Phi) is 7.41. The van der Waals surface area contributed by atoms with E-state index >= 15 is 0 Å². The van der Waals surface area contributed by atoms with Crippen LogP contribution in [0, 0.1) is 5.92 Å². The van der Waals surface area contributed by atoms with E-state index in [0.29, 0.717) is 18.9 Å². The Morgan fingerprint density at radius 2 is 1.95 bits per heavy atom. The number of esters is 1. The van der Waals surface area contributed by atoms with Crippen LogP contribution in [0.3, 0.4) is 0 Å². The lowest BCUT2D eigenvalue weighted by Crippen LogP contribution is -2.10. The zero-order chi connectivity index (χ0) is 14.8. The third kappa shape index (κ3) is 7.57. The minimum absolute atomic E-state index is 0.156. The van der Waals surface area contributed by atoms with Crippen molar-refractivity contribution in [2.45, 2.75) is 33.6 Å². The Labute approximate surface area is 122 Å². The van der Waals surface area contributed by atoms with E-state index in [1.54, 1.807) is 0 Å². The smallest absolute Gasteiger partial charge is 0.310 e. The van der Waals surface area contributed by atoms with Gasteiger partial charge in [-0.1, -0.05) is 61.1 Å². The second-order valence-electron chi connectivity index (χ2n) is 5.28. The van der Waals surface area contributed by atoms with Crippen LogP contribution in [-0.2, 0) is 16.0 Å². The molecular weight excluding hydrogens is 248 g/mol. The van der Waals surface area contributed by atoms with Gasteiger partial charge in [-0.25, -0.2) is 0 Å². The molecule has 0 aliphatic heterocycles. The monoisotopic (exact) mass is 272 g/mol. The van der Waals surface area contributed by atoms with E-state index in [1.165, 1.54) is 5.57 Å². The van der Waals surface area contributed by atoms with Crippen molar-refractivity contribution in [1.29, 1.82) is 0 Å². The second-order valence-corrected chi connectivity index (χ2v) is 5.28. The number of allylic oxidation sites excluding steroid dienone is 4. The molecular formula is C18H24O2. The van der Waals surface area contributed by atoms with E-state index in [9.17, 15) is 4.79 Å². The molecule has 0 N–H and O–H groups in total. The van der Waals surface area contributed by atoms with Crippen molar-refractivity contribution in [1.82, 2.24) is 0 Å². The van der Waals surface area contributed by atoms with E-state index in [2.05, 4.69) is 39.0 Å². The first kappa shape index (κ1) is 16.2. The molecule has 0 amide bonds. The van der Waals surface area contributed by atoms with Gasteiger partial charge in [0.2, 0.25) is 0 Å². The highest BCUT2D eigenvalue weighted by Crippen LogP contribution is 2.06. The van der Waals surface area contributed by atoms with E-state index in [4.69, 9.17) is 4.74 Å². The summed E-state index contributed by atoms with van der Waals surface area (Å²) >= 11 is 0. The van der Waals surface area contributed by atoms with Crippen LogP contribution in [0.5, 0.6) is 0 Å². The van der Waals surface area contributed by atoms with E-state index in [-0.39, 0.29) is 5.97 Å². The topological polar surface area (TPSA) is 26.3 Å². The Hall–Kier alpha value is -1.83. The van der Waals surface area contributed by atoms with Crippen LogP contribution in [0.15, 0.2) is 54.1 Å². The van der Waals surface area contributed by atoms with Crippen molar-refractivity contribution in [2.24, 2.45) is 5.92 Å². The lowest BCUT2D eigenvalue weighted by atomic mass is 10.1. The molecule has 1 atom stereocenters. The quantitative estimate of drug-likeness (QED) is 0.546. The lowest BCUT2D eigenvalue weighted by molar-refractivity contribution is -0.143. The van der Waals surface area contributed by atoms with Gasteiger partial charge < -0.3 is 4.74 Å². The first-order chi connectivity index (χ1) is 9.58. The molecule has 0 aliphatic rings. The van der Waals surface area contributed by atoms with Crippen LogP contribution in [0.2, 0.25) is 0 Å². The van der Waals surface area contributed by atoms with Crippen LogP contribution >= 0.6 is 0 Å². The second kappa shape index (κ2) is 9.13. The highest BCUT2D eigenvalue weighted by atomic mass is 16.5. The average molecular weight is 272 g/mol. The van der Waals surface area contributed by atoms with Gasteiger partial charge >= 0.3 is 5.97 Å². The molecule has 0 heterocycles. The SMILES string of the molecule is CC(C)=C/C=C/C(C)CCOC(=O)Cc1ccccc1. The summed E-state index contributed by atoms with van der Waals surface area (Å²) in [5.41, 5.74) is 2.27. The van der Waals surface area contributed by atoms with E-state index < -0.39 is 0 Å². The molecule has 20 heavy (non-hydrogen) atoms. The molecule has 0 saturated heterocycles. The Morgan fingerprint density at radius 1 is 1.25 bits per heavy atom. The van der Waals surface area contributed by atoms with Crippen LogP contribution in [0.4, 0.5) is 0 Å². The predicted octanol–water partition coefficient (Wildman–Crippen LogP) is 4.32. The van der Waals surface area contributed by atoms with E-state index in [0.717, 1.165) is 12.0 Å². The molecule has 0 spiro atoms. The highest BCUT2D eigenvalue weighted by Gasteiger charge is 2.05. The van der Waals surface area contributed by atoms with E-state index in [1.807, 2.05) is 30.3 Å². The minimum Gasteiger partial charge on any atom is -0.465 e. The standard InChI is InChI=1S/C18H24O2/c1-15(2)8-7-9-16(3)12-13-20-18(19)14-17-10-5-4-6-11-17/h4-11,16H,12-14H2,1-3H3/b9-7+. The van der Waals surface area contributed by atoms with Crippen LogP contribution in [0.1, 0.15) is 32.8 Å². The first-order valence-electron chi connectivity index (χ1n) is 7.09. The number of hydrogen-bond acceptors (Lipinski definition) is 2. The van der Waals surface area contributed by atoms with Gasteiger partial charge in [-0.3, -0.25) is 4.79 Å². The molecule has 1 unspecified atom stereocenters. The molecule has 108 valence electrons. The zero-order valence-electron chi connectivity index (χ0n) is 12.6. The normalized spacial score (nSPS) is 12.2. The van der Waals surface area contributed by atoms with Crippen molar-refractivity contribution in [2.75, 3.05) is 6.61 Å². The van der Waals surface area contributed by atoms with Gasteiger partial charge in [-0.2, -0.15) is 0 Å². The van der Waals surface area contributed by atoms with Crippen molar-refractivity contribution >= 4 is 5.97 Å². The molecule has 1 aromatic rings. The number of benzene rings is 1. The van der Waals surface area contributed by atoms with Crippen molar-refractivity contribution < 1.29 is 9.53 Å². The van der Waals surface area contributed by atoms with Crippen molar-refractivity contribution in [3.63, 3.8) is 0 Å². The highest BCUT2D eigenvalue weighted by molar-refractivity contribution is 5.72. The zero-order valence-corrected chi connectivity index (χ0v) is 12.6. The predicted molar refractivity (Wildman–Crippen MR) is 83.5 cm³/mol. The maximum Gasteiger partial charge on any atom is 0.310 e. The molecule has 0 radical (unpaired) electrons. The Bertz CT molecular complexity index is 454. The maximum atomic E-state index is 11.6. The Morgan fingerprint density at radius 3 is 2.60 bits per heavy atom. The number of carbonyl (C=O) groups excluding carboxylic acids is 1. The van der Waals surface area contributed by atoms with Crippen LogP contribution in [0.25, 0.3) is 0 Å². The number of hydrogen-bond donors (Lipinski definition) is 0. The summed E-state index contributed by atoms with van der Waals surface area (Å²) in [6.45, 7) is 6.74. The summed E-state index contributed by atoms with van der Waals surface area (Å²) in [6.07, 6.45) is 7.48. The van der Waals surface area contributed by atoms with Gasteiger partial charge in [0.25, 0.3) is 0 Å². The summed E-state index contributed by atoms with van der Waals surface area (Å²) in [6, 6.07) is 9.67. The molecule has 0 bridgehead atoms. The molecule has 0 aromatic heterocycles. The van der Waals surface area contributed by atoms with Gasteiger partial charge in [-0.15, -0.1) is 0 Å². The number of ether oxygens (including phenoxy) is 1. The fraction of sp³-hybridized carbons (Fsp3) is 0.389. The molecule has 1 rings (SSSR count). The Balaban J connectivity index is 2.22. The van der Waals surface area contributed by atoms with Gasteiger partial charge in [0.15, 0.2) is 0 Å². The van der Waals surface area contributed by atoms with Crippen LogP contribution < -0.4 is 0 Å². The number of rotatable bonds is 7. The first-order valence-corrected chi connectivity index (χ1v) is 7.09. The third-order valence-corrected chi connectivity index (χ3v) is 2.90. The summed E-state index contributed by atoms with van der Waals surface area (Å²) in [4.78, 5) is 11.6. The summed E-state index contributed by atoms with van der Waals surface area (Å²) in [5.74, 6) is 0.256. The molecule has 0 fully saturated rings. The summed E-state index contributed by atoms with van der Waals surface area (Å²) < 4.78 is 5.26. The fourth-order valence-electron chi connectivity index (χ4n) is 1.71. The van der Waals surface area contributed by atoms with Gasteiger partial charge in [0.1, 0.15) is 0 Å². The van der Waals surface area contributed by atoms with Crippen molar-refractivity contribution in [3.05, 3.63) is 59.7 Å². The molecule has 1 aromatic carbocycles. The molecule has 0 saturated carbocycles. The van der Waals surface area contributed by atoms with Gasteiger partial charge in [-0.05, 0) is 31.7 Å². The third-order valence-electron chi connectivity index (χ3n) is 2.90. The summed E-state index contributed by atoms with van der Waals surface area (Å²) in [7, 11) is 0. The molecule has 2 heteroatoms.